The summed E-state index contributed by atoms with van der Waals surface area (Å²) in [6.45, 7) is 0. The van der Waals surface area contributed by atoms with E-state index >= 15 is 0 Å². The summed E-state index contributed by atoms with van der Waals surface area (Å²) in [5, 5.41) is 0.243. The van der Waals surface area contributed by atoms with Crippen LogP contribution in [0.15, 0.2) is 35.7 Å². The van der Waals surface area contributed by atoms with Crippen molar-refractivity contribution in [2.75, 3.05) is 0 Å². The molecule has 0 saturated carbocycles. The van der Waals surface area contributed by atoms with Crippen LogP contribution in [-0.4, -0.2) is 8.42 Å². The van der Waals surface area contributed by atoms with Crippen LogP contribution < -0.4 is 0 Å². The second-order valence-electron chi connectivity index (χ2n) is 2.31. The smallest absolute Gasteiger partial charge is 0.190 e. The van der Waals surface area contributed by atoms with Gasteiger partial charge in [0, 0.05) is 0 Å². The van der Waals surface area contributed by atoms with Gasteiger partial charge in [-0.15, -0.1) is 3.89 Å². The van der Waals surface area contributed by atoms with Gasteiger partial charge in [-0.1, -0.05) is 41.9 Å². The monoisotopic (exact) mass is 220 g/mol. The van der Waals surface area contributed by atoms with Crippen LogP contribution in [0.4, 0.5) is 3.89 Å². The largest absolute Gasteiger partial charge is 0.326 e. The zero-order chi connectivity index (χ0) is 9.90. The predicted octanol–water partition coefficient (Wildman–Crippen LogP) is 2.52. The molecule has 2 nitrogen and oxygen atoms in total. The molecule has 0 spiro atoms. The first kappa shape index (κ1) is 10.2. The van der Waals surface area contributed by atoms with E-state index in [0.29, 0.717) is 11.0 Å². The Labute approximate surface area is 80.9 Å². The molecule has 0 aliphatic carbocycles. The summed E-state index contributed by atoms with van der Waals surface area (Å²) in [6, 6.07) is 8.28. The highest BCUT2D eigenvalue weighted by molar-refractivity contribution is 7.89. The molecule has 0 aliphatic rings. The van der Waals surface area contributed by atoms with Gasteiger partial charge in [0.15, 0.2) is 0 Å². The number of rotatable bonds is 2. The van der Waals surface area contributed by atoms with Gasteiger partial charge >= 0.3 is 10.2 Å². The van der Waals surface area contributed by atoms with Crippen LogP contribution in [0.25, 0.3) is 5.03 Å². The first-order chi connectivity index (χ1) is 5.99. The van der Waals surface area contributed by atoms with Crippen molar-refractivity contribution >= 4 is 26.9 Å². The fraction of sp³-hybridized carbons (Fsp3) is 0. The zero-order valence-electron chi connectivity index (χ0n) is 6.44. The Morgan fingerprint density at radius 3 is 2.31 bits per heavy atom. The third-order valence-corrected chi connectivity index (χ3v) is 2.27. The van der Waals surface area contributed by atoms with E-state index in [4.69, 9.17) is 11.6 Å². The molecular weight excluding hydrogens is 215 g/mol. The minimum Gasteiger partial charge on any atom is -0.190 e. The molecule has 0 saturated heterocycles. The summed E-state index contributed by atoms with van der Waals surface area (Å²) in [5.41, 5.74) is 0.463. The molecule has 13 heavy (non-hydrogen) atoms. The van der Waals surface area contributed by atoms with E-state index in [1.807, 2.05) is 0 Å². The molecule has 0 N–H and O–H groups in total. The van der Waals surface area contributed by atoms with E-state index in [9.17, 15) is 12.3 Å². The highest BCUT2D eigenvalue weighted by atomic mass is 35.5. The molecule has 0 bridgehead atoms. The second-order valence-corrected chi connectivity index (χ2v) is 3.90. The number of halogens is 2. The summed E-state index contributed by atoms with van der Waals surface area (Å²) in [5.74, 6) is 0. The van der Waals surface area contributed by atoms with Crippen LogP contribution in [0.5, 0.6) is 0 Å². The Balaban J connectivity index is 3.06. The SMILES string of the molecule is O=S(=O)(F)/C=C(/Cl)c1ccccc1. The number of benzene rings is 1. The lowest BCUT2D eigenvalue weighted by molar-refractivity contribution is 0.563. The number of hydrogen-bond acceptors (Lipinski definition) is 2. The molecule has 0 heterocycles. The highest BCUT2D eigenvalue weighted by Crippen LogP contribution is 2.19. The van der Waals surface area contributed by atoms with Crippen LogP contribution in [0.1, 0.15) is 5.56 Å². The van der Waals surface area contributed by atoms with Crippen LogP contribution in [-0.2, 0) is 10.2 Å². The Bertz CT molecular complexity index is 411. The summed E-state index contributed by atoms with van der Waals surface area (Å²) in [4.78, 5) is 0. The van der Waals surface area contributed by atoms with Gasteiger partial charge in [0.05, 0.1) is 10.4 Å². The van der Waals surface area contributed by atoms with Gasteiger partial charge in [-0.25, -0.2) is 0 Å². The van der Waals surface area contributed by atoms with Crippen molar-refractivity contribution in [1.29, 1.82) is 0 Å². The molecule has 5 heteroatoms. The fourth-order valence-electron chi connectivity index (χ4n) is 0.789. The third-order valence-electron chi connectivity index (χ3n) is 1.29. The van der Waals surface area contributed by atoms with E-state index in [1.165, 1.54) is 0 Å². The van der Waals surface area contributed by atoms with E-state index in [0.717, 1.165) is 0 Å². The number of hydrogen-bond donors (Lipinski definition) is 0. The molecule has 0 unspecified atom stereocenters. The van der Waals surface area contributed by atoms with Crippen molar-refractivity contribution in [3.8, 4) is 0 Å². The van der Waals surface area contributed by atoms with Gasteiger partial charge in [0.2, 0.25) is 0 Å². The molecule has 0 radical (unpaired) electrons. The molecule has 0 aromatic heterocycles. The normalized spacial score (nSPS) is 12.9. The maximum absolute atomic E-state index is 12.1. The van der Waals surface area contributed by atoms with Crippen LogP contribution in [0.2, 0.25) is 0 Å². The van der Waals surface area contributed by atoms with Gasteiger partial charge in [-0.05, 0) is 5.56 Å². The standard InChI is InChI=1S/C8H6ClFO2S/c9-8(6-13(10,11)12)7-4-2-1-3-5-7/h1-6H/b8-6+. The van der Waals surface area contributed by atoms with Crippen LogP contribution in [0.3, 0.4) is 0 Å². The Hall–Kier alpha value is -0.870. The Kier molecular flexibility index (Phi) is 3.06. The average molecular weight is 221 g/mol. The van der Waals surface area contributed by atoms with Crippen LogP contribution in [0, 0.1) is 0 Å². The first-order valence-electron chi connectivity index (χ1n) is 3.36. The predicted molar refractivity (Wildman–Crippen MR) is 50.3 cm³/mol. The Morgan fingerprint density at radius 1 is 1.31 bits per heavy atom. The quantitative estimate of drug-likeness (QED) is 0.718. The lowest BCUT2D eigenvalue weighted by Gasteiger charge is -1.95. The lowest BCUT2D eigenvalue weighted by Crippen LogP contribution is -1.84. The maximum atomic E-state index is 12.1. The van der Waals surface area contributed by atoms with Crippen LogP contribution >= 0.6 is 11.6 Å². The van der Waals surface area contributed by atoms with Gasteiger partial charge in [0.25, 0.3) is 0 Å². The molecule has 0 amide bonds. The molecule has 70 valence electrons. The minimum absolute atomic E-state index is 0.136. The molecule has 0 aliphatic heterocycles. The van der Waals surface area contributed by atoms with E-state index < -0.39 is 10.2 Å². The summed E-state index contributed by atoms with van der Waals surface area (Å²) < 4.78 is 32.5. The van der Waals surface area contributed by atoms with Crippen molar-refractivity contribution in [3.63, 3.8) is 0 Å². The van der Waals surface area contributed by atoms with Gasteiger partial charge < -0.3 is 0 Å². The maximum Gasteiger partial charge on any atom is 0.326 e. The van der Waals surface area contributed by atoms with E-state index in [1.54, 1.807) is 30.3 Å². The lowest BCUT2D eigenvalue weighted by atomic mass is 10.2. The van der Waals surface area contributed by atoms with Gasteiger partial charge in [0.1, 0.15) is 0 Å². The zero-order valence-corrected chi connectivity index (χ0v) is 8.02. The Morgan fingerprint density at radius 2 is 1.85 bits per heavy atom. The third kappa shape index (κ3) is 3.57. The average Bonchev–Trinajstić information content (AvgIpc) is 2.03. The highest BCUT2D eigenvalue weighted by Gasteiger charge is 2.05. The van der Waals surface area contributed by atoms with E-state index in [2.05, 4.69) is 0 Å². The second kappa shape index (κ2) is 3.89. The first-order valence-corrected chi connectivity index (χ1v) is 5.19. The molecule has 1 rings (SSSR count). The summed E-state index contributed by atoms with van der Waals surface area (Å²) >= 11 is 5.53. The summed E-state index contributed by atoms with van der Waals surface area (Å²) in [7, 11) is -4.67. The van der Waals surface area contributed by atoms with Gasteiger partial charge in [-0.2, -0.15) is 8.42 Å². The molecule has 0 fully saturated rings. The van der Waals surface area contributed by atoms with Gasteiger partial charge in [-0.3, -0.25) is 0 Å². The molecular formula is C8H6ClFO2S. The molecule has 1 aromatic rings. The van der Waals surface area contributed by atoms with Crippen molar-refractivity contribution in [2.24, 2.45) is 0 Å². The molecule has 0 atom stereocenters. The molecule has 1 aromatic carbocycles. The van der Waals surface area contributed by atoms with Crippen molar-refractivity contribution in [1.82, 2.24) is 0 Å². The fourth-order valence-corrected chi connectivity index (χ4v) is 1.62. The minimum atomic E-state index is -4.67. The topological polar surface area (TPSA) is 34.1 Å². The van der Waals surface area contributed by atoms with Crippen molar-refractivity contribution < 1.29 is 12.3 Å². The van der Waals surface area contributed by atoms with E-state index in [-0.39, 0.29) is 5.03 Å². The van der Waals surface area contributed by atoms with Crippen molar-refractivity contribution in [3.05, 3.63) is 41.3 Å². The summed E-state index contributed by atoms with van der Waals surface area (Å²) in [6.07, 6.45) is 0. The van der Waals surface area contributed by atoms with Crippen molar-refractivity contribution in [2.45, 2.75) is 0 Å².